The molecule has 1 aliphatic rings. The third kappa shape index (κ3) is 3.56. The fourth-order valence-corrected chi connectivity index (χ4v) is 3.32. The molecule has 0 spiro atoms. The van der Waals surface area contributed by atoms with E-state index in [2.05, 4.69) is 0 Å². The van der Waals surface area contributed by atoms with Crippen LogP contribution in [0, 0.1) is 0 Å². The van der Waals surface area contributed by atoms with E-state index in [-0.39, 0.29) is 24.4 Å². The fraction of sp³-hybridized carbons (Fsp3) is 0.286. The maximum Gasteiger partial charge on any atom is 0.332 e. The summed E-state index contributed by atoms with van der Waals surface area (Å²) in [5.74, 6) is -0.658. The van der Waals surface area contributed by atoms with Crippen molar-refractivity contribution in [3.05, 3.63) is 60.7 Å². The first-order valence-electron chi connectivity index (χ1n) is 8.98. The molecule has 0 unspecified atom stereocenters. The molecule has 1 saturated heterocycles. The summed E-state index contributed by atoms with van der Waals surface area (Å²) in [4.78, 5) is 42.5. The monoisotopic (exact) mass is 365 g/mol. The van der Waals surface area contributed by atoms with Crippen LogP contribution in [0.3, 0.4) is 0 Å². The number of amides is 4. The lowest BCUT2D eigenvalue weighted by atomic mass is 10.2. The van der Waals surface area contributed by atoms with Gasteiger partial charge < -0.3 is 4.90 Å². The molecule has 2 aromatic carbocycles. The first kappa shape index (κ1) is 18.6. The Morgan fingerprint density at radius 3 is 2.11 bits per heavy atom. The summed E-state index contributed by atoms with van der Waals surface area (Å²) < 4.78 is 0. The minimum absolute atomic E-state index is 0.102. The van der Waals surface area contributed by atoms with Crippen molar-refractivity contribution in [1.82, 2.24) is 4.90 Å². The number of urea groups is 1. The number of anilines is 2. The minimum Gasteiger partial charge on any atom is -0.308 e. The molecule has 6 nitrogen and oxygen atoms in total. The molecule has 0 aromatic heterocycles. The number of rotatable bonds is 5. The van der Waals surface area contributed by atoms with Gasteiger partial charge in [-0.1, -0.05) is 36.4 Å². The van der Waals surface area contributed by atoms with E-state index < -0.39 is 12.1 Å². The lowest BCUT2D eigenvalue weighted by molar-refractivity contribution is -0.131. The molecule has 0 saturated carbocycles. The molecule has 1 heterocycles. The van der Waals surface area contributed by atoms with E-state index in [9.17, 15) is 14.4 Å². The first-order chi connectivity index (χ1) is 12.9. The summed E-state index contributed by atoms with van der Waals surface area (Å²) in [6, 6.07) is 17.1. The Morgan fingerprint density at radius 1 is 1.00 bits per heavy atom. The molecule has 2 aromatic rings. The van der Waals surface area contributed by atoms with Crippen LogP contribution >= 0.6 is 0 Å². The molecular weight excluding hydrogens is 342 g/mol. The molecule has 0 aliphatic carbocycles. The number of para-hydroxylation sites is 2. The highest BCUT2D eigenvalue weighted by Crippen LogP contribution is 2.26. The van der Waals surface area contributed by atoms with E-state index in [1.165, 1.54) is 4.90 Å². The second-order valence-electron chi connectivity index (χ2n) is 6.78. The summed E-state index contributed by atoms with van der Waals surface area (Å²) in [5, 5.41) is 0. The highest BCUT2D eigenvalue weighted by Gasteiger charge is 2.44. The fourth-order valence-electron chi connectivity index (χ4n) is 3.32. The van der Waals surface area contributed by atoms with E-state index in [0.29, 0.717) is 5.69 Å². The number of hydrogen-bond donors (Lipinski definition) is 0. The molecule has 3 rings (SSSR count). The summed E-state index contributed by atoms with van der Waals surface area (Å²) in [5.41, 5.74) is 1.38. The minimum atomic E-state index is -0.642. The van der Waals surface area contributed by atoms with Crippen molar-refractivity contribution >= 4 is 29.2 Å². The van der Waals surface area contributed by atoms with Crippen molar-refractivity contribution in [1.29, 1.82) is 0 Å². The van der Waals surface area contributed by atoms with Crippen LogP contribution in [-0.4, -0.2) is 41.4 Å². The molecule has 1 aliphatic heterocycles. The summed E-state index contributed by atoms with van der Waals surface area (Å²) in [7, 11) is 0. The molecule has 1 atom stereocenters. The van der Waals surface area contributed by atoms with Crippen LogP contribution in [0.1, 0.15) is 20.8 Å². The summed E-state index contributed by atoms with van der Waals surface area (Å²) in [6.45, 7) is 5.20. The van der Waals surface area contributed by atoms with Gasteiger partial charge in [-0.15, -0.1) is 0 Å². The van der Waals surface area contributed by atoms with Crippen molar-refractivity contribution < 1.29 is 14.4 Å². The van der Waals surface area contributed by atoms with Gasteiger partial charge in [-0.25, -0.2) is 4.79 Å². The Bertz CT molecular complexity index is 836. The number of imide groups is 1. The van der Waals surface area contributed by atoms with E-state index in [1.807, 2.05) is 62.4 Å². The van der Waals surface area contributed by atoms with Crippen molar-refractivity contribution in [3.8, 4) is 0 Å². The lowest BCUT2D eigenvalue weighted by Gasteiger charge is -2.28. The topological polar surface area (TPSA) is 60.9 Å². The molecule has 6 heteroatoms. The van der Waals surface area contributed by atoms with Crippen molar-refractivity contribution in [2.24, 2.45) is 0 Å². The predicted octanol–water partition coefficient (Wildman–Crippen LogP) is 3.29. The van der Waals surface area contributed by atoms with E-state index in [1.54, 1.807) is 24.0 Å². The highest BCUT2D eigenvalue weighted by atomic mass is 16.2. The van der Waals surface area contributed by atoms with Gasteiger partial charge in [0, 0.05) is 17.4 Å². The number of benzene rings is 2. The molecule has 27 heavy (non-hydrogen) atoms. The Hall–Kier alpha value is -3.15. The second-order valence-corrected chi connectivity index (χ2v) is 6.78. The zero-order valence-corrected chi connectivity index (χ0v) is 15.7. The number of carbonyl (C=O) groups is 3. The van der Waals surface area contributed by atoms with Crippen LogP contribution in [0.5, 0.6) is 0 Å². The Labute approximate surface area is 159 Å². The molecule has 4 amide bonds. The molecule has 0 N–H and O–H groups in total. The Morgan fingerprint density at radius 2 is 1.56 bits per heavy atom. The van der Waals surface area contributed by atoms with Gasteiger partial charge in [-0.05, 0) is 45.0 Å². The zero-order chi connectivity index (χ0) is 19.6. The number of carbonyl (C=O) groups excluding carboxylic acids is 3. The first-order valence-corrected chi connectivity index (χ1v) is 8.98. The summed E-state index contributed by atoms with van der Waals surface area (Å²) >= 11 is 0. The molecule has 1 fully saturated rings. The van der Waals surface area contributed by atoms with Gasteiger partial charge in [0.05, 0.1) is 0 Å². The van der Waals surface area contributed by atoms with Crippen molar-refractivity contribution in [2.45, 2.75) is 32.9 Å². The second kappa shape index (κ2) is 7.61. The normalized spacial score (nSPS) is 17.0. The predicted molar refractivity (Wildman–Crippen MR) is 105 cm³/mol. The largest absolute Gasteiger partial charge is 0.332 e. The van der Waals surface area contributed by atoms with E-state index in [4.69, 9.17) is 0 Å². The van der Waals surface area contributed by atoms with E-state index >= 15 is 0 Å². The number of nitrogens with zero attached hydrogens (tertiary/aromatic N) is 3. The van der Waals surface area contributed by atoms with Crippen LogP contribution in [0.25, 0.3) is 0 Å². The smallest absolute Gasteiger partial charge is 0.308 e. The average Bonchev–Trinajstić information content (AvgIpc) is 2.86. The molecule has 0 bridgehead atoms. The van der Waals surface area contributed by atoms with Gasteiger partial charge in [0.1, 0.15) is 12.6 Å². The van der Waals surface area contributed by atoms with Crippen molar-refractivity contribution in [3.63, 3.8) is 0 Å². The third-order valence-electron chi connectivity index (χ3n) is 4.59. The Kier molecular flexibility index (Phi) is 5.26. The van der Waals surface area contributed by atoms with Gasteiger partial charge in [-0.2, -0.15) is 0 Å². The lowest BCUT2D eigenvalue weighted by Crippen LogP contribution is -2.46. The van der Waals surface area contributed by atoms with Crippen LogP contribution in [0.4, 0.5) is 16.2 Å². The van der Waals surface area contributed by atoms with Crippen LogP contribution in [-0.2, 0) is 9.59 Å². The van der Waals surface area contributed by atoms with Gasteiger partial charge in [0.25, 0.3) is 5.91 Å². The zero-order valence-electron chi connectivity index (χ0n) is 15.7. The van der Waals surface area contributed by atoms with Crippen LogP contribution in [0.2, 0.25) is 0 Å². The number of hydrogen-bond acceptors (Lipinski definition) is 3. The average molecular weight is 365 g/mol. The maximum atomic E-state index is 12.9. The SMILES string of the molecule is CC(C)N(C(=O)CN1C(=O)[C@@H](C)N(c2ccccc2)C1=O)c1ccccc1. The quantitative estimate of drug-likeness (QED) is 0.764. The maximum absolute atomic E-state index is 12.9. The molecule has 0 radical (unpaired) electrons. The summed E-state index contributed by atoms with van der Waals surface area (Å²) in [6.07, 6.45) is 0. The van der Waals surface area contributed by atoms with Crippen LogP contribution in [0.15, 0.2) is 60.7 Å². The standard InChI is InChI=1S/C21H23N3O3/c1-15(2)23(17-10-6-4-7-11-17)19(25)14-22-20(26)16(3)24(21(22)27)18-12-8-5-9-13-18/h4-13,15-16H,14H2,1-3H3/t16-/m1/s1. The van der Waals surface area contributed by atoms with Gasteiger partial charge >= 0.3 is 6.03 Å². The third-order valence-corrected chi connectivity index (χ3v) is 4.59. The highest BCUT2D eigenvalue weighted by molar-refractivity contribution is 6.16. The van der Waals surface area contributed by atoms with Gasteiger partial charge in [0.2, 0.25) is 5.91 Å². The van der Waals surface area contributed by atoms with E-state index in [0.717, 1.165) is 10.6 Å². The van der Waals surface area contributed by atoms with Crippen molar-refractivity contribution in [2.75, 3.05) is 16.3 Å². The molecular formula is C21H23N3O3. The van der Waals surface area contributed by atoms with Gasteiger partial charge in [-0.3, -0.25) is 19.4 Å². The van der Waals surface area contributed by atoms with Gasteiger partial charge in [0.15, 0.2) is 0 Å². The Balaban J connectivity index is 1.83. The van der Waals surface area contributed by atoms with Crippen LogP contribution < -0.4 is 9.80 Å². The molecule has 140 valence electrons.